The Bertz CT molecular complexity index is 470. The summed E-state index contributed by atoms with van der Waals surface area (Å²) in [6, 6.07) is 0. The molecule has 2 N–H and O–H groups in total. The molecule has 22 heavy (non-hydrogen) atoms. The van der Waals surface area contributed by atoms with Crippen LogP contribution in [0.4, 0.5) is 0 Å². The molecular formula is C14H27IN6O. The number of rotatable bonds is 6. The van der Waals surface area contributed by atoms with Crippen LogP contribution in [-0.2, 0) is 17.8 Å². The molecule has 1 saturated heterocycles. The maximum atomic E-state index is 5.78. The summed E-state index contributed by atoms with van der Waals surface area (Å²) in [7, 11) is 0. The van der Waals surface area contributed by atoms with Crippen molar-refractivity contribution in [2.45, 2.75) is 52.3 Å². The number of hydrogen-bond acceptors (Lipinski definition) is 4. The fraction of sp³-hybridized carbons (Fsp3) is 0.786. The van der Waals surface area contributed by atoms with Crippen LogP contribution in [0.15, 0.2) is 11.3 Å². The highest BCUT2D eigenvalue weighted by Crippen LogP contribution is 2.23. The highest BCUT2D eigenvalue weighted by molar-refractivity contribution is 14.0. The molecule has 1 aliphatic heterocycles. The van der Waals surface area contributed by atoms with Crippen LogP contribution >= 0.6 is 24.0 Å². The third kappa shape index (κ3) is 5.38. The maximum absolute atomic E-state index is 5.78. The Balaban J connectivity index is 0.00000242. The lowest BCUT2D eigenvalue weighted by Crippen LogP contribution is -2.45. The van der Waals surface area contributed by atoms with Crippen LogP contribution in [0.25, 0.3) is 0 Å². The van der Waals surface area contributed by atoms with Crippen molar-refractivity contribution in [2.24, 2.45) is 4.99 Å². The first kappa shape index (κ1) is 19.1. The van der Waals surface area contributed by atoms with Gasteiger partial charge in [0.2, 0.25) is 0 Å². The summed E-state index contributed by atoms with van der Waals surface area (Å²) in [5.41, 5.74) is -0.0837. The predicted octanol–water partition coefficient (Wildman–Crippen LogP) is 1.54. The molecule has 7 nitrogen and oxygen atoms in total. The van der Waals surface area contributed by atoms with Gasteiger partial charge in [-0.2, -0.15) is 0 Å². The van der Waals surface area contributed by atoms with Gasteiger partial charge in [-0.05, 0) is 33.6 Å². The number of ether oxygens (including phenoxy) is 1. The third-order valence-electron chi connectivity index (χ3n) is 3.69. The third-order valence-corrected chi connectivity index (χ3v) is 3.69. The van der Waals surface area contributed by atoms with Crippen molar-refractivity contribution < 1.29 is 4.74 Å². The lowest BCUT2D eigenvalue weighted by molar-refractivity contribution is 0.0243. The van der Waals surface area contributed by atoms with Crippen LogP contribution in [0.3, 0.4) is 0 Å². The Morgan fingerprint density at radius 2 is 2.27 bits per heavy atom. The van der Waals surface area contributed by atoms with Gasteiger partial charge < -0.3 is 19.9 Å². The zero-order chi connectivity index (χ0) is 15.1. The molecule has 1 atom stereocenters. The second kappa shape index (κ2) is 9.29. The van der Waals surface area contributed by atoms with E-state index in [4.69, 9.17) is 4.74 Å². The summed E-state index contributed by atoms with van der Waals surface area (Å²) in [5.74, 6) is 1.66. The first-order valence-electron chi connectivity index (χ1n) is 7.69. The first-order valence-corrected chi connectivity index (χ1v) is 7.69. The minimum atomic E-state index is -0.0837. The predicted molar refractivity (Wildman–Crippen MR) is 97.5 cm³/mol. The Kier molecular flexibility index (Phi) is 8.08. The van der Waals surface area contributed by atoms with E-state index < -0.39 is 0 Å². The van der Waals surface area contributed by atoms with E-state index in [1.165, 1.54) is 0 Å². The number of nitrogens with one attached hydrogen (secondary N) is 2. The number of aryl methyl sites for hydroxylation is 1. The van der Waals surface area contributed by atoms with Gasteiger partial charge in [-0.25, -0.2) is 4.99 Å². The van der Waals surface area contributed by atoms with Gasteiger partial charge in [-0.1, -0.05) is 0 Å². The van der Waals surface area contributed by atoms with Gasteiger partial charge in [0.15, 0.2) is 11.8 Å². The van der Waals surface area contributed by atoms with Gasteiger partial charge in [0, 0.05) is 26.2 Å². The molecule has 2 heterocycles. The lowest BCUT2D eigenvalue weighted by atomic mass is 10.0. The molecule has 1 aromatic rings. The van der Waals surface area contributed by atoms with Crippen molar-refractivity contribution in [2.75, 3.05) is 19.7 Å². The van der Waals surface area contributed by atoms with Crippen LogP contribution in [0.5, 0.6) is 0 Å². The first-order chi connectivity index (χ1) is 10.2. The van der Waals surface area contributed by atoms with E-state index in [1.807, 2.05) is 4.57 Å². The van der Waals surface area contributed by atoms with Crippen LogP contribution in [-0.4, -0.2) is 46.0 Å². The van der Waals surface area contributed by atoms with E-state index in [1.54, 1.807) is 6.33 Å². The smallest absolute Gasteiger partial charge is 0.191 e. The fourth-order valence-corrected chi connectivity index (χ4v) is 2.40. The molecule has 2 rings (SSSR count). The fourth-order valence-electron chi connectivity index (χ4n) is 2.40. The normalized spacial score (nSPS) is 21.5. The molecule has 8 heteroatoms. The number of aliphatic imine (C=N–C) groups is 1. The SMILES string of the molecule is CCNC(=NCc1nncn1CC)NCC1(C)CCCO1.I. The van der Waals surface area contributed by atoms with Crippen LogP contribution in [0, 0.1) is 0 Å². The van der Waals surface area contributed by atoms with Crippen LogP contribution < -0.4 is 10.6 Å². The van der Waals surface area contributed by atoms with Gasteiger partial charge in [-0.15, -0.1) is 34.2 Å². The van der Waals surface area contributed by atoms with Gasteiger partial charge in [0.1, 0.15) is 12.9 Å². The molecule has 0 radical (unpaired) electrons. The maximum Gasteiger partial charge on any atom is 0.191 e. The molecule has 0 saturated carbocycles. The monoisotopic (exact) mass is 422 g/mol. The Labute approximate surface area is 149 Å². The number of aromatic nitrogens is 3. The van der Waals surface area contributed by atoms with Gasteiger partial charge >= 0.3 is 0 Å². The molecule has 1 aliphatic rings. The molecule has 0 aliphatic carbocycles. The van der Waals surface area contributed by atoms with Crippen molar-refractivity contribution in [3.05, 3.63) is 12.2 Å². The number of guanidine groups is 1. The van der Waals surface area contributed by atoms with E-state index in [-0.39, 0.29) is 29.6 Å². The summed E-state index contributed by atoms with van der Waals surface area (Å²) in [5, 5.41) is 14.6. The summed E-state index contributed by atoms with van der Waals surface area (Å²) in [6.45, 7) is 10.1. The van der Waals surface area contributed by atoms with Crippen LogP contribution in [0.1, 0.15) is 39.4 Å². The van der Waals surface area contributed by atoms with E-state index >= 15 is 0 Å². The molecule has 0 amide bonds. The molecular weight excluding hydrogens is 395 g/mol. The zero-order valence-corrected chi connectivity index (χ0v) is 16.0. The average Bonchev–Trinajstić information content (AvgIpc) is 3.11. The standard InChI is InChI=1S/C14H26N6O.HI/c1-4-15-13(17-10-14(3)7-6-8-21-14)16-9-12-19-18-11-20(12)5-2;/h11H,4-10H2,1-3H3,(H2,15,16,17);1H. The molecule has 0 spiro atoms. The summed E-state index contributed by atoms with van der Waals surface area (Å²) < 4.78 is 7.78. The highest BCUT2D eigenvalue weighted by Gasteiger charge is 2.29. The van der Waals surface area contributed by atoms with E-state index in [2.05, 4.69) is 46.6 Å². The molecule has 126 valence electrons. The largest absolute Gasteiger partial charge is 0.373 e. The van der Waals surface area contributed by atoms with E-state index in [0.29, 0.717) is 6.54 Å². The van der Waals surface area contributed by atoms with Crippen LogP contribution in [0.2, 0.25) is 0 Å². The summed E-state index contributed by atoms with van der Waals surface area (Å²) in [6.07, 6.45) is 3.95. The van der Waals surface area contributed by atoms with Crippen molar-refractivity contribution in [1.29, 1.82) is 0 Å². The quantitative estimate of drug-likeness (QED) is 0.413. The van der Waals surface area contributed by atoms with Crippen molar-refractivity contribution >= 4 is 29.9 Å². The number of hydrogen-bond donors (Lipinski definition) is 2. The highest BCUT2D eigenvalue weighted by atomic mass is 127. The van der Waals surface area contributed by atoms with Gasteiger partial charge in [0.25, 0.3) is 0 Å². The molecule has 1 aromatic heterocycles. The molecule has 1 unspecified atom stereocenters. The Hall–Kier alpha value is -0.900. The lowest BCUT2D eigenvalue weighted by Gasteiger charge is -2.24. The second-order valence-corrected chi connectivity index (χ2v) is 5.48. The Morgan fingerprint density at radius 1 is 1.45 bits per heavy atom. The number of halogens is 1. The van der Waals surface area contributed by atoms with Gasteiger partial charge in [0.05, 0.1) is 5.60 Å². The Morgan fingerprint density at radius 3 is 2.91 bits per heavy atom. The summed E-state index contributed by atoms with van der Waals surface area (Å²) in [4.78, 5) is 4.57. The molecule has 0 aromatic carbocycles. The summed E-state index contributed by atoms with van der Waals surface area (Å²) >= 11 is 0. The van der Waals surface area contributed by atoms with Crippen molar-refractivity contribution in [3.8, 4) is 0 Å². The molecule has 1 fully saturated rings. The van der Waals surface area contributed by atoms with E-state index in [9.17, 15) is 0 Å². The van der Waals surface area contributed by atoms with E-state index in [0.717, 1.165) is 50.9 Å². The number of nitrogens with zero attached hydrogens (tertiary/aromatic N) is 4. The molecule has 0 bridgehead atoms. The topological polar surface area (TPSA) is 76.4 Å². The zero-order valence-electron chi connectivity index (χ0n) is 13.6. The average molecular weight is 422 g/mol. The second-order valence-electron chi connectivity index (χ2n) is 5.48. The van der Waals surface area contributed by atoms with Crippen molar-refractivity contribution in [1.82, 2.24) is 25.4 Å². The minimum Gasteiger partial charge on any atom is -0.373 e. The van der Waals surface area contributed by atoms with Gasteiger partial charge in [-0.3, -0.25) is 0 Å². The van der Waals surface area contributed by atoms with Crippen molar-refractivity contribution in [3.63, 3.8) is 0 Å². The minimum absolute atomic E-state index is 0.